The average molecular weight is 287 g/mol. The summed E-state index contributed by atoms with van der Waals surface area (Å²) in [5, 5.41) is 0. The topological polar surface area (TPSA) is 3.24 Å². The summed E-state index contributed by atoms with van der Waals surface area (Å²) in [6.45, 7) is 4.45. The molecule has 1 atom stereocenters. The fourth-order valence-corrected chi connectivity index (χ4v) is 2.97. The molecule has 22 heavy (non-hydrogen) atoms. The van der Waals surface area contributed by atoms with Crippen LogP contribution in [0.15, 0.2) is 84.9 Å². The Hall–Kier alpha value is -2.54. The Morgan fingerprint density at radius 2 is 1.09 bits per heavy atom. The highest BCUT2D eigenvalue weighted by atomic mass is 15.2. The summed E-state index contributed by atoms with van der Waals surface area (Å²) in [7, 11) is 0. The van der Waals surface area contributed by atoms with Crippen LogP contribution in [0.2, 0.25) is 0 Å². The maximum absolute atomic E-state index is 2.39. The summed E-state index contributed by atoms with van der Waals surface area (Å²) in [4.78, 5) is 2.39. The number of para-hydroxylation sites is 2. The van der Waals surface area contributed by atoms with E-state index in [9.17, 15) is 0 Å². The van der Waals surface area contributed by atoms with Crippen molar-refractivity contribution in [1.82, 2.24) is 0 Å². The molecule has 0 saturated carbocycles. The van der Waals surface area contributed by atoms with E-state index < -0.39 is 0 Å². The summed E-state index contributed by atoms with van der Waals surface area (Å²) in [6, 6.07) is 30.1. The molecular weight excluding hydrogens is 266 g/mol. The molecule has 0 spiro atoms. The molecule has 0 radical (unpaired) electrons. The standard InChI is InChI=1S/C21H21N/c1-17-11-9-10-16-21(17)18(2)22(19-12-5-3-6-13-19)20-14-7-4-8-15-20/h3-16,18H,1-2H3. The monoisotopic (exact) mass is 287 g/mol. The number of aryl methyl sites for hydroxylation is 1. The van der Waals surface area contributed by atoms with Gasteiger partial charge in [0.05, 0.1) is 6.04 Å². The molecule has 1 unspecified atom stereocenters. The molecule has 0 N–H and O–H groups in total. The van der Waals surface area contributed by atoms with E-state index in [1.54, 1.807) is 0 Å². The van der Waals surface area contributed by atoms with Gasteiger partial charge in [0.1, 0.15) is 0 Å². The third-order valence-corrected chi connectivity index (χ3v) is 4.09. The Bertz CT molecular complexity index is 680. The maximum Gasteiger partial charge on any atom is 0.0565 e. The normalized spacial score (nSPS) is 11.9. The third kappa shape index (κ3) is 2.89. The lowest BCUT2D eigenvalue weighted by atomic mass is 10.00. The van der Waals surface area contributed by atoms with Gasteiger partial charge >= 0.3 is 0 Å². The van der Waals surface area contributed by atoms with Crippen LogP contribution in [-0.4, -0.2) is 0 Å². The molecule has 0 saturated heterocycles. The molecule has 0 aliphatic carbocycles. The van der Waals surface area contributed by atoms with E-state index in [-0.39, 0.29) is 6.04 Å². The van der Waals surface area contributed by atoms with Crippen LogP contribution < -0.4 is 4.90 Å². The molecule has 1 heteroatoms. The van der Waals surface area contributed by atoms with Crippen LogP contribution >= 0.6 is 0 Å². The summed E-state index contributed by atoms with van der Waals surface area (Å²) in [5.41, 5.74) is 5.11. The molecule has 3 rings (SSSR count). The molecule has 1 nitrogen and oxygen atoms in total. The van der Waals surface area contributed by atoms with Crippen molar-refractivity contribution in [3.05, 3.63) is 96.1 Å². The zero-order chi connectivity index (χ0) is 15.4. The first-order valence-electron chi connectivity index (χ1n) is 7.72. The lowest BCUT2D eigenvalue weighted by molar-refractivity contribution is 0.767. The van der Waals surface area contributed by atoms with E-state index in [2.05, 4.69) is 104 Å². The van der Waals surface area contributed by atoms with Gasteiger partial charge in [-0.3, -0.25) is 0 Å². The summed E-state index contributed by atoms with van der Waals surface area (Å²) < 4.78 is 0. The minimum absolute atomic E-state index is 0.269. The van der Waals surface area contributed by atoms with Crippen LogP contribution in [0.25, 0.3) is 0 Å². The predicted octanol–water partition coefficient (Wildman–Crippen LogP) is 5.89. The highest BCUT2D eigenvalue weighted by molar-refractivity contribution is 5.65. The summed E-state index contributed by atoms with van der Waals surface area (Å²) >= 11 is 0. The van der Waals surface area contributed by atoms with Crippen LogP contribution in [0.4, 0.5) is 11.4 Å². The summed E-state index contributed by atoms with van der Waals surface area (Å²) in [6.07, 6.45) is 0. The lowest BCUT2D eigenvalue weighted by Crippen LogP contribution is -2.22. The van der Waals surface area contributed by atoms with Crippen molar-refractivity contribution in [2.45, 2.75) is 19.9 Å². The van der Waals surface area contributed by atoms with Crippen LogP contribution in [0.5, 0.6) is 0 Å². The lowest BCUT2D eigenvalue weighted by Gasteiger charge is -2.32. The van der Waals surface area contributed by atoms with Crippen molar-refractivity contribution in [1.29, 1.82) is 0 Å². The van der Waals surface area contributed by atoms with Crippen molar-refractivity contribution < 1.29 is 0 Å². The first-order chi connectivity index (χ1) is 10.8. The zero-order valence-electron chi connectivity index (χ0n) is 13.1. The van der Waals surface area contributed by atoms with E-state index in [1.807, 2.05) is 0 Å². The molecule has 3 aromatic rings. The van der Waals surface area contributed by atoms with Gasteiger partial charge in [0.15, 0.2) is 0 Å². The molecule has 0 heterocycles. The fraction of sp³-hybridized carbons (Fsp3) is 0.143. The predicted molar refractivity (Wildman–Crippen MR) is 94.6 cm³/mol. The van der Waals surface area contributed by atoms with Crippen molar-refractivity contribution in [3.8, 4) is 0 Å². The molecule has 0 aromatic heterocycles. The molecule has 0 fully saturated rings. The number of hydrogen-bond donors (Lipinski definition) is 0. The summed E-state index contributed by atoms with van der Waals surface area (Å²) in [5.74, 6) is 0. The third-order valence-electron chi connectivity index (χ3n) is 4.09. The molecule has 3 aromatic carbocycles. The van der Waals surface area contributed by atoms with Gasteiger partial charge in [-0.05, 0) is 49.2 Å². The van der Waals surface area contributed by atoms with E-state index in [4.69, 9.17) is 0 Å². The number of rotatable bonds is 4. The zero-order valence-corrected chi connectivity index (χ0v) is 13.1. The highest BCUT2D eigenvalue weighted by Crippen LogP contribution is 2.35. The van der Waals surface area contributed by atoms with Gasteiger partial charge in [-0.15, -0.1) is 0 Å². The Balaban J connectivity index is 2.08. The van der Waals surface area contributed by atoms with Gasteiger partial charge in [0.2, 0.25) is 0 Å². The van der Waals surface area contributed by atoms with E-state index in [0.29, 0.717) is 0 Å². The molecular formula is C21H21N. The van der Waals surface area contributed by atoms with Crippen molar-refractivity contribution >= 4 is 11.4 Å². The maximum atomic E-state index is 2.39. The number of anilines is 2. The fourth-order valence-electron chi connectivity index (χ4n) is 2.97. The average Bonchev–Trinajstić information content (AvgIpc) is 2.57. The second-order valence-corrected chi connectivity index (χ2v) is 5.57. The first kappa shape index (κ1) is 14.4. The van der Waals surface area contributed by atoms with Crippen LogP contribution in [-0.2, 0) is 0 Å². The van der Waals surface area contributed by atoms with Crippen LogP contribution in [0.1, 0.15) is 24.1 Å². The smallest absolute Gasteiger partial charge is 0.0565 e. The van der Waals surface area contributed by atoms with Gasteiger partial charge in [-0.25, -0.2) is 0 Å². The van der Waals surface area contributed by atoms with Gasteiger partial charge in [0.25, 0.3) is 0 Å². The Labute approximate surface area is 132 Å². The van der Waals surface area contributed by atoms with E-state index >= 15 is 0 Å². The second kappa shape index (κ2) is 6.48. The highest BCUT2D eigenvalue weighted by Gasteiger charge is 2.19. The molecule has 110 valence electrons. The van der Waals surface area contributed by atoms with Crippen molar-refractivity contribution in [3.63, 3.8) is 0 Å². The number of nitrogens with zero attached hydrogens (tertiary/aromatic N) is 1. The van der Waals surface area contributed by atoms with Gasteiger partial charge in [-0.1, -0.05) is 60.7 Å². The van der Waals surface area contributed by atoms with E-state index in [1.165, 1.54) is 22.5 Å². The van der Waals surface area contributed by atoms with Crippen LogP contribution in [0, 0.1) is 6.92 Å². The Kier molecular flexibility index (Phi) is 4.24. The quantitative estimate of drug-likeness (QED) is 0.578. The Morgan fingerprint density at radius 3 is 1.59 bits per heavy atom. The van der Waals surface area contributed by atoms with Gasteiger partial charge in [-0.2, -0.15) is 0 Å². The molecule has 0 aliphatic rings. The van der Waals surface area contributed by atoms with Crippen LogP contribution in [0.3, 0.4) is 0 Å². The van der Waals surface area contributed by atoms with E-state index in [0.717, 1.165) is 0 Å². The van der Waals surface area contributed by atoms with Gasteiger partial charge < -0.3 is 4.90 Å². The SMILES string of the molecule is Cc1ccccc1C(C)N(c1ccccc1)c1ccccc1. The first-order valence-corrected chi connectivity index (χ1v) is 7.72. The van der Waals surface area contributed by atoms with Gasteiger partial charge in [0, 0.05) is 11.4 Å². The minimum atomic E-state index is 0.269. The number of benzene rings is 3. The molecule has 0 amide bonds. The Morgan fingerprint density at radius 1 is 0.636 bits per heavy atom. The number of hydrogen-bond acceptors (Lipinski definition) is 1. The molecule has 0 aliphatic heterocycles. The molecule has 0 bridgehead atoms. The van der Waals surface area contributed by atoms with Crippen molar-refractivity contribution in [2.75, 3.05) is 4.90 Å². The largest absolute Gasteiger partial charge is 0.334 e. The minimum Gasteiger partial charge on any atom is -0.334 e. The second-order valence-electron chi connectivity index (χ2n) is 5.57. The van der Waals surface area contributed by atoms with Crippen molar-refractivity contribution in [2.24, 2.45) is 0 Å².